The van der Waals surface area contributed by atoms with Crippen molar-refractivity contribution in [1.29, 1.82) is 0 Å². The summed E-state index contributed by atoms with van der Waals surface area (Å²) in [6, 6.07) is 0. The number of allylic oxidation sites excluding steroid dienone is 2. The predicted octanol–water partition coefficient (Wildman–Crippen LogP) is 4.01. The van der Waals surface area contributed by atoms with Crippen LogP contribution in [-0.2, 0) is 14.3 Å². The maximum absolute atomic E-state index is 12.1. The van der Waals surface area contributed by atoms with Crippen LogP contribution < -0.4 is 0 Å². The molecule has 5 atom stereocenters. The molecule has 1 saturated heterocycles. The van der Waals surface area contributed by atoms with E-state index in [1.165, 1.54) is 12.0 Å². The monoisotopic (exact) mass is 304 g/mol. The van der Waals surface area contributed by atoms with Gasteiger partial charge in [-0.05, 0) is 75.7 Å². The first-order chi connectivity index (χ1) is 10.3. The van der Waals surface area contributed by atoms with Crippen LogP contribution in [0.25, 0.3) is 0 Å². The van der Waals surface area contributed by atoms with Gasteiger partial charge in [0, 0.05) is 6.42 Å². The number of fused-ring (bicyclic) bond motifs is 4. The van der Waals surface area contributed by atoms with Crippen molar-refractivity contribution in [3.63, 3.8) is 0 Å². The number of ether oxygens (including phenoxy) is 2. The summed E-state index contributed by atoms with van der Waals surface area (Å²) in [5.74, 6) is 1.20. The van der Waals surface area contributed by atoms with Crippen molar-refractivity contribution < 1.29 is 14.3 Å². The van der Waals surface area contributed by atoms with Crippen LogP contribution in [0.1, 0.15) is 66.2 Å². The molecular formula is C19H28O3. The molecular weight excluding hydrogens is 276 g/mol. The third kappa shape index (κ3) is 2.12. The Morgan fingerprint density at radius 2 is 1.82 bits per heavy atom. The Balaban J connectivity index is 1.66. The van der Waals surface area contributed by atoms with Gasteiger partial charge in [0.25, 0.3) is 0 Å². The molecule has 122 valence electrons. The van der Waals surface area contributed by atoms with Crippen LogP contribution in [-0.4, -0.2) is 23.8 Å². The fourth-order valence-electron chi connectivity index (χ4n) is 5.71. The number of carbonyl (C=O) groups is 1. The zero-order valence-corrected chi connectivity index (χ0v) is 14.3. The van der Waals surface area contributed by atoms with Gasteiger partial charge in [0.2, 0.25) is 0 Å². The smallest absolute Gasteiger partial charge is 0.163 e. The summed E-state index contributed by atoms with van der Waals surface area (Å²) in [5.41, 5.74) is 2.89. The first kappa shape index (κ1) is 14.9. The lowest BCUT2D eigenvalue weighted by Gasteiger charge is -2.53. The first-order valence-electron chi connectivity index (χ1n) is 8.88. The van der Waals surface area contributed by atoms with Crippen LogP contribution in [0.3, 0.4) is 0 Å². The average Bonchev–Trinajstić information content (AvgIpc) is 2.72. The summed E-state index contributed by atoms with van der Waals surface area (Å²) in [5, 5.41) is 0. The predicted molar refractivity (Wildman–Crippen MR) is 84.3 cm³/mol. The Morgan fingerprint density at radius 1 is 1.09 bits per heavy atom. The molecule has 0 aromatic heterocycles. The minimum Gasteiger partial charge on any atom is -0.345 e. The molecule has 0 unspecified atom stereocenters. The van der Waals surface area contributed by atoms with E-state index < -0.39 is 5.79 Å². The topological polar surface area (TPSA) is 35.5 Å². The second kappa shape index (κ2) is 4.67. The van der Waals surface area contributed by atoms with E-state index in [0.717, 1.165) is 37.7 Å². The molecule has 3 heteroatoms. The van der Waals surface area contributed by atoms with E-state index in [1.807, 2.05) is 13.8 Å². The Kier molecular flexibility index (Phi) is 3.16. The summed E-state index contributed by atoms with van der Waals surface area (Å²) in [7, 11) is 0. The van der Waals surface area contributed by atoms with E-state index in [9.17, 15) is 4.79 Å². The number of carbonyl (C=O) groups excluding carboxylic acids is 1. The van der Waals surface area contributed by atoms with E-state index >= 15 is 0 Å². The fourth-order valence-corrected chi connectivity index (χ4v) is 5.71. The van der Waals surface area contributed by atoms with Crippen molar-refractivity contribution >= 4 is 5.78 Å². The molecule has 0 radical (unpaired) electrons. The number of hydrogen-bond donors (Lipinski definition) is 0. The summed E-state index contributed by atoms with van der Waals surface area (Å²) < 4.78 is 12.3. The Hall–Kier alpha value is -0.670. The molecule has 1 heterocycles. The Bertz CT molecular complexity index is 547. The number of hydrogen-bond acceptors (Lipinski definition) is 3. The van der Waals surface area contributed by atoms with Gasteiger partial charge in [0.15, 0.2) is 11.6 Å². The summed E-state index contributed by atoms with van der Waals surface area (Å²) in [6.07, 6.45) is 6.80. The molecule has 3 nitrogen and oxygen atoms in total. The molecule has 0 spiro atoms. The van der Waals surface area contributed by atoms with E-state index in [1.54, 1.807) is 0 Å². The van der Waals surface area contributed by atoms with Crippen molar-refractivity contribution in [1.82, 2.24) is 0 Å². The zero-order chi connectivity index (χ0) is 15.7. The molecule has 2 saturated carbocycles. The van der Waals surface area contributed by atoms with Gasteiger partial charge in [-0.3, -0.25) is 4.79 Å². The van der Waals surface area contributed by atoms with Crippen LogP contribution in [0.15, 0.2) is 11.1 Å². The normalized spacial score (nSPS) is 47.0. The number of rotatable bonds is 0. The lowest BCUT2D eigenvalue weighted by molar-refractivity contribution is -0.146. The highest BCUT2D eigenvalue weighted by Gasteiger charge is 2.56. The number of Topliss-reactive ketones (excluding diaryl/α,β-unsaturated/α-hetero) is 1. The lowest BCUT2D eigenvalue weighted by atomic mass is 9.52. The minimum absolute atomic E-state index is 0.241. The number of ketones is 1. The van der Waals surface area contributed by atoms with Crippen LogP contribution >= 0.6 is 0 Å². The van der Waals surface area contributed by atoms with Crippen LogP contribution in [0.4, 0.5) is 0 Å². The molecule has 0 bridgehead atoms. The van der Waals surface area contributed by atoms with Gasteiger partial charge in [-0.1, -0.05) is 12.5 Å². The SMILES string of the molecule is CC1=C2CC[C@@]3(C)C[C@H]4OC(C)(C)O[C@@H]4C[C@@H]3[C@@H]2CCC1=O. The van der Waals surface area contributed by atoms with Gasteiger partial charge in [0.05, 0.1) is 12.2 Å². The molecule has 0 amide bonds. The maximum Gasteiger partial charge on any atom is 0.163 e. The Labute approximate surface area is 133 Å². The molecule has 0 aromatic carbocycles. The van der Waals surface area contributed by atoms with Crippen LogP contribution in [0.2, 0.25) is 0 Å². The zero-order valence-electron chi connectivity index (χ0n) is 14.3. The quantitative estimate of drug-likeness (QED) is 0.678. The van der Waals surface area contributed by atoms with Gasteiger partial charge in [0.1, 0.15) is 0 Å². The van der Waals surface area contributed by atoms with Crippen LogP contribution in [0.5, 0.6) is 0 Å². The van der Waals surface area contributed by atoms with Gasteiger partial charge in [-0.25, -0.2) is 0 Å². The molecule has 4 rings (SSSR count). The fraction of sp³-hybridized carbons (Fsp3) is 0.842. The van der Waals surface area contributed by atoms with Crippen molar-refractivity contribution in [3.05, 3.63) is 11.1 Å². The Morgan fingerprint density at radius 3 is 2.59 bits per heavy atom. The minimum atomic E-state index is -0.434. The van der Waals surface area contributed by atoms with E-state index in [-0.39, 0.29) is 12.2 Å². The first-order valence-corrected chi connectivity index (χ1v) is 8.88. The molecule has 3 fully saturated rings. The van der Waals surface area contributed by atoms with Gasteiger partial charge < -0.3 is 9.47 Å². The summed E-state index contributed by atoms with van der Waals surface area (Å²) in [4.78, 5) is 12.1. The van der Waals surface area contributed by atoms with Gasteiger partial charge in [-0.15, -0.1) is 0 Å². The van der Waals surface area contributed by atoms with E-state index in [4.69, 9.17) is 9.47 Å². The van der Waals surface area contributed by atoms with Gasteiger partial charge in [-0.2, -0.15) is 0 Å². The summed E-state index contributed by atoms with van der Waals surface area (Å²) >= 11 is 0. The standard InChI is InChI=1S/C19H28O3/c1-11-12-7-8-19(4)10-17-16(21-18(2,3)22-17)9-14(19)13(12)5-6-15(11)20/h13-14,16-17H,5-10H2,1-4H3/t13-,14-,16-,17-,19+/m1/s1. The van der Waals surface area contributed by atoms with Crippen molar-refractivity contribution in [2.24, 2.45) is 17.3 Å². The van der Waals surface area contributed by atoms with Gasteiger partial charge >= 0.3 is 0 Å². The highest BCUT2D eigenvalue weighted by molar-refractivity contribution is 5.96. The van der Waals surface area contributed by atoms with Crippen molar-refractivity contribution in [3.8, 4) is 0 Å². The second-order valence-corrected chi connectivity index (χ2v) is 8.63. The average molecular weight is 304 g/mol. The van der Waals surface area contributed by atoms with E-state index in [0.29, 0.717) is 23.0 Å². The van der Waals surface area contributed by atoms with Crippen LogP contribution in [0, 0.1) is 17.3 Å². The maximum atomic E-state index is 12.1. The van der Waals surface area contributed by atoms with Crippen molar-refractivity contribution in [2.45, 2.75) is 84.2 Å². The largest absolute Gasteiger partial charge is 0.345 e. The molecule has 0 aromatic rings. The van der Waals surface area contributed by atoms with E-state index in [2.05, 4.69) is 13.8 Å². The molecule has 22 heavy (non-hydrogen) atoms. The molecule has 4 aliphatic rings. The molecule has 3 aliphatic carbocycles. The van der Waals surface area contributed by atoms with Crippen molar-refractivity contribution in [2.75, 3.05) is 0 Å². The third-order valence-corrected chi connectivity index (χ3v) is 6.82. The second-order valence-electron chi connectivity index (χ2n) is 8.63. The highest BCUT2D eigenvalue weighted by atomic mass is 16.7. The summed E-state index contributed by atoms with van der Waals surface area (Å²) in [6.45, 7) is 8.57. The third-order valence-electron chi connectivity index (χ3n) is 6.82. The lowest BCUT2D eigenvalue weighted by Crippen LogP contribution is -2.49. The molecule has 0 N–H and O–H groups in total. The molecule has 1 aliphatic heterocycles. The highest BCUT2D eigenvalue weighted by Crippen LogP contribution is 2.59.